The second-order valence-corrected chi connectivity index (χ2v) is 14.1. The maximum Gasteiger partial charge on any atom is 0.330 e. The highest BCUT2D eigenvalue weighted by molar-refractivity contribution is 5.96. The Balaban J connectivity index is 1.56. The highest BCUT2D eigenvalue weighted by Crippen LogP contribution is 2.37. The van der Waals surface area contributed by atoms with Crippen LogP contribution in [0.25, 0.3) is 0 Å². The van der Waals surface area contributed by atoms with Crippen molar-refractivity contribution in [3.63, 3.8) is 0 Å². The quantitative estimate of drug-likeness (QED) is 0.245. The molecule has 0 aromatic heterocycles. The summed E-state index contributed by atoms with van der Waals surface area (Å²) in [6.45, 7) is 10.4. The Morgan fingerprint density at radius 3 is 2.18 bits per heavy atom. The van der Waals surface area contributed by atoms with E-state index in [1.165, 1.54) is 40.4 Å². The normalized spacial score (nSPS) is 47.0. The molecular formula is C35H56O14. The number of aliphatic hydroxyl groups excluding tert-OH is 2. The first-order chi connectivity index (χ1) is 23.1. The van der Waals surface area contributed by atoms with E-state index in [1.807, 2.05) is 20.8 Å². The number of rotatable bonds is 8. The molecule has 3 N–H and O–H groups in total. The van der Waals surface area contributed by atoms with Crippen molar-refractivity contribution < 1.29 is 67.5 Å². The predicted octanol–water partition coefficient (Wildman–Crippen LogP) is 1.46. The van der Waals surface area contributed by atoms with Crippen LogP contribution in [0.3, 0.4) is 0 Å². The Morgan fingerprint density at radius 1 is 0.837 bits per heavy atom. The van der Waals surface area contributed by atoms with Gasteiger partial charge < -0.3 is 58.0 Å². The summed E-state index contributed by atoms with van der Waals surface area (Å²) < 4.78 is 52.6. The van der Waals surface area contributed by atoms with Crippen molar-refractivity contribution in [2.45, 2.75) is 140 Å². The number of methoxy groups -OCH3 is 3. The van der Waals surface area contributed by atoms with E-state index in [9.17, 15) is 24.9 Å². The lowest BCUT2D eigenvalue weighted by Gasteiger charge is -2.42. The topological polar surface area (TPSA) is 181 Å². The van der Waals surface area contributed by atoms with Gasteiger partial charge in [-0.15, -0.1) is 0 Å². The fourth-order valence-electron chi connectivity index (χ4n) is 7.12. The van der Waals surface area contributed by atoms with E-state index in [0.29, 0.717) is 6.42 Å². The van der Waals surface area contributed by atoms with E-state index in [4.69, 9.17) is 42.6 Å². The van der Waals surface area contributed by atoms with Crippen LogP contribution in [-0.2, 0) is 52.2 Å². The Morgan fingerprint density at radius 2 is 1.53 bits per heavy atom. The van der Waals surface area contributed by atoms with Gasteiger partial charge >= 0.3 is 5.97 Å². The number of cyclic esters (lactones) is 1. The minimum Gasteiger partial charge on any atom is -0.459 e. The first kappa shape index (κ1) is 40.0. The van der Waals surface area contributed by atoms with E-state index in [2.05, 4.69) is 0 Å². The van der Waals surface area contributed by atoms with Crippen molar-refractivity contribution in [2.75, 3.05) is 27.9 Å². The fraction of sp³-hybridized carbons (Fsp3) is 0.829. The summed E-state index contributed by atoms with van der Waals surface area (Å²) in [7, 11) is 4.46. The van der Waals surface area contributed by atoms with Gasteiger partial charge in [0.15, 0.2) is 18.4 Å². The molecule has 0 aliphatic carbocycles. The molecule has 0 aromatic carbocycles. The van der Waals surface area contributed by atoms with E-state index in [1.54, 1.807) is 26.0 Å². The van der Waals surface area contributed by atoms with Crippen molar-refractivity contribution in [2.24, 2.45) is 17.8 Å². The van der Waals surface area contributed by atoms with Crippen LogP contribution in [0.4, 0.5) is 0 Å². The number of fused-ring (bicyclic) bond motifs is 1. The molecule has 0 radical (unpaired) electrons. The standard InChI is InChI=1S/C35H56O14/c1-17-10-13-26(37)46-20(4)22(16-44-34-32(43-9)31(42-8)27(38)21(5)47-34)30-23(48-30)11-12-25(36)35(6,40)15-18(2)29(17)49-33-28(39)24(41-7)14-19(3)45-33/h10-13,17-24,27-34,38-40H,14-16H2,1-9H3/t17-,18+,19+,20-,21-,22+,23-,24-,27+,28+,29-,30+,31+,32+,33-,34-,35-/m1/s1. The third-order valence-electron chi connectivity index (χ3n) is 10.1. The van der Waals surface area contributed by atoms with Crippen LogP contribution in [0.1, 0.15) is 54.4 Å². The average molecular weight is 701 g/mol. The fourth-order valence-corrected chi connectivity index (χ4v) is 7.12. The number of carbonyl (C=O) groups excluding carboxylic acids is 2. The van der Waals surface area contributed by atoms with Crippen molar-refractivity contribution in [3.8, 4) is 0 Å². The second-order valence-electron chi connectivity index (χ2n) is 14.1. The van der Waals surface area contributed by atoms with Gasteiger partial charge in [0.25, 0.3) is 0 Å². The third kappa shape index (κ3) is 9.74. The zero-order chi connectivity index (χ0) is 36.2. The Hall–Kier alpha value is -1.82. The van der Waals surface area contributed by atoms with E-state index < -0.39 is 109 Å². The Bertz CT molecular complexity index is 1160. The highest BCUT2D eigenvalue weighted by atomic mass is 16.7. The average Bonchev–Trinajstić information content (AvgIpc) is 3.82. The molecule has 4 aliphatic rings. The molecule has 0 bridgehead atoms. The van der Waals surface area contributed by atoms with Crippen LogP contribution in [0.2, 0.25) is 0 Å². The van der Waals surface area contributed by atoms with Gasteiger partial charge in [0.05, 0.1) is 37.1 Å². The predicted molar refractivity (Wildman–Crippen MR) is 173 cm³/mol. The monoisotopic (exact) mass is 700 g/mol. The number of hydrogen-bond acceptors (Lipinski definition) is 14. The number of carbonyl (C=O) groups is 2. The van der Waals surface area contributed by atoms with Crippen molar-refractivity contribution in [1.82, 2.24) is 0 Å². The maximum atomic E-state index is 13.3. The van der Waals surface area contributed by atoms with Crippen LogP contribution in [0.5, 0.6) is 0 Å². The number of ether oxygens (including phenoxy) is 9. The molecule has 0 saturated carbocycles. The SMILES string of the molecule is CO[C@@H]1[C@H](OC[C@@H]2[C@@H]3O[C@@H]3C=CC(=O)[C@](C)(O)C[C@H](C)[C@H](O[C@H]3O[C@@H](C)C[C@@H](OC)[C@@H]3O)[C@H](C)C=CC(=O)O[C@@H]2C)O[C@H](C)[C@H](O)[C@@H]1OC. The lowest BCUT2D eigenvalue weighted by Crippen LogP contribution is -2.59. The lowest BCUT2D eigenvalue weighted by molar-refractivity contribution is -0.305. The van der Waals surface area contributed by atoms with Crippen molar-refractivity contribution >= 4 is 11.8 Å². The zero-order valence-electron chi connectivity index (χ0n) is 30.0. The maximum absolute atomic E-state index is 13.3. The Labute approximate surface area is 288 Å². The van der Waals surface area contributed by atoms with Crippen LogP contribution in [0, 0.1) is 17.8 Å². The molecular weight excluding hydrogens is 644 g/mol. The number of epoxide rings is 1. The molecule has 4 rings (SSSR count). The van der Waals surface area contributed by atoms with Crippen LogP contribution >= 0.6 is 0 Å². The molecule has 14 heteroatoms. The molecule has 280 valence electrons. The first-order valence-corrected chi connectivity index (χ1v) is 17.1. The van der Waals surface area contributed by atoms with Gasteiger partial charge in [-0.3, -0.25) is 4.79 Å². The zero-order valence-corrected chi connectivity index (χ0v) is 30.0. The second kappa shape index (κ2) is 17.1. The summed E-state index contributed by atoms with van der Waals surface area (Å²) in [5, 5.41) is 32.8. The smallest absolute Gasteiger partial charge is 0.330 e. The van der Waals surface area contributed by atoms with E-state index in [-0.39, 0.29) is 19.1 Å². The summed E-state index contributed by atoms with van der Waals surface area (Å²) in [5.41, 5.74) is -1.75. The summed E-state index contributed by atoms with van der Waals surface area (Å²) in [6.07, 6.45) is -2.67. The van der Waals surface area contributed by atoms with Gasteiger partial charge in [-0.1, -0.05) is 19.9 Å². The summed E-state index contributed by atoms with van der Waals surface area (Å²) in [5.74, 6) is -2.45. The molecule has 0 unspecified atom stereocenters. The number of hydrogen-bond donors (Lipinski definition) is 3. The van der Waals surface area contributed by atoms with Crippen LogP contribution in [-0.4, -0.2) is 140 Å². The highest BCUT2D eigenvalue weighted by Gasteiger charge is 2.50. The van der Waals surface area contributed by atoms with Gasteiger partial charge in [0.2, 0.25) is 0 Å². The molecule has 0 aromatic rings. The van der Waals surface area contributed by atoms with E-state index in [0.717, 1.165) is 0 Å². The number of esters is 1. The van der Waals surface area contributed by atoms with E-state index >= 15 is 0 Å². The van der Waals surface area contributed by atoms with Crippen LogP contribution in [0.15, 0.2) is 24.3 Å². The summed E-state index contributed by atoms with van der Waals surface area (Å²) in [6, 6.07) is 0. The molecule has 0 amide bonds. The molecule has 14 nitrogen and oxygen atoms in total. The molecule has 17 atom stereocenters. The Kier molecular flexibility index (Phi) is 14.0. The molecule has 0 spiro atoms. The largest absolute Gasteiger partial charge is 0.459 e. The molecule has 3 fully saturated rings. The van der Waals surface area contributed by atoms with Gasteiger partial charge in [-0.2, -0.15) is 0 Å². The van der Waals surface area contributed by atoms with Gasteiger partial charge in [0, 0.05) is 45.7 Å². The summed E-state index contributed by atoms with van der Waals surface area (Å²) >= 11 is 0. The first-order valence-electron chi connectivity index (χ1n) is 17.1. The number of ketones is 1. The summed E-state index contributed by atoms with van der Waals surface area (Å²) in [4.78, 5) is 26.5. The number of aliphatic hydroxyl groups is 3. The lowest BCUT2D eigenvalue weighted by atomic mass is 9.82. The van der Waals surface area contributed by atoms with Gasteiger partial charge in [-0.05, 0) is 52.2 Å². The minimum absolute atomic E-state index is 0.0234. The van der Waals surface area contributed by atoms with Crippen molar-refractivity contribution in [1.29, 1.82) is 0 Å². The molecule has 49 heavy (non-hydrogen) atoms. The molecule has 3 saturated heterocycles. The van der Waals surface area contributed by atoms with Gasteiger partial charge in [0.1, 0.15) is 42.2 Å². The third-order valence-corrected chi connectivity index (χ3v) is 10.1. The van der Waals surface area contributed by atoms with Crippen LogP contribution < -0.4 is 0 Å². The molecule has 4 aliphatic heterocycles. The minimum atomic E-state index is -1.75. The molecule has 4 heterocycles. The van der Waals surface area contributed by atoms with Crippen molar-refractivity contribution in [3.05, 3.63) is 24.3 Å². The van der Waals surface area contributed by atoms with Gasteiger partial charge in [-0.25, -0.2) is 4.79 Å².